The van der Waals surface area contributed by atoms with Crippen molar-refractivity contribution in [2.45, 2.75) is 0 Å². The minimum Gasteiger partial charge on any atom is -0.496 e. The molecule has 11 heteroatoms. The number of urea groups is 1. The van der Waals surface area contributed by atoms with Crippen LogP contribution >= 0.6 is 0 Å². The number of aromatic nitrogens is 1. The van der Waals surface area contributed by atoms with Crippen LogP contribution in [-0.4, -0.2) is 47.1 Å². The second kappa shape index (κ2) is 8.96. The van der Waals surface area contributed by atoms with E-state index in [1.807, 2.05) is 0 Å². The number of carbonyl (C=O) groups excluding carboxylic acids is 2. The molecule has 0 spiro atoms. The number of hydrogen-bond acceptors (Lipinski definition) is 7. The van der Waals surface area contributed by atoms with Crippen molar-refractivity contribution in [2.24, 2.45) is 0 Å². The maximum Gasteiger partial charge on any atom is 0.341 e. The number of nitrogens with one attached hydrogen (secondary N) is 1. The maximum absolute atomic E-state index is 12.6. The lowest BCUT2D eigenvalue weighted by Gasteiger charge is -2.20. The van der Waals surface area contributed by atoms with Gasteiger partial charge in [0.2, 0.25) is 5.88 Å². The third kappa shape index (κ3) is 4.71. The summed E-state index contributed by atoms with van der Waals surface area (Å²) in [5.74, 6) is -0.239. The molecule has 2 N–H and O–H groups in total. The van der Waals surface area contributed by atoms with Crippen molar-refractivity contribution >= 4 is 34.8 Å². The smallest absolute Gasteiger partial charge is 0.341 e. The number of carbonyl (C=O) groups is 2. The summed E-state index contributed by atoms with van der Waals surface area (Å²) in [6.07, 6.45) is 0. The standard InChI is InChI=1S/C16H17N3O7S/c1-24-10-8-13(17-14(9-10)25-2)18-16(21)19(27(22)23)12-7-5-4-6-11(12)15(20)26-3/h4-9H,1-3H3,(H,22,23)(H,17,18,21). The van der Waals surface area contributed by atoms with E-state index in [0.717, 1.165) is 7.11 Å². The number of rotatable bonds is 6. The minimum absolute atomic E-state index is 0.0159. The first-order chi connectivity index (χ1) is 12.9. The largest absolute Gasteiger partial charge is 0.496 e. The Kier molecular flexibility index (Phi) is 6.68. The van der Waals surface area contributed by atoms with Gasteiger partial charge in [0.05, 0.1) is 32.6 Å². The van der Waals surface area contributed by atoms with Crippen LogP contribution in [0.3, 0.4) is 0 Å². The van der Waals surface area contributed by atoms with Crippen LogP contribution in [0.15, 0.2) is 36.4 Å². The van der Waals surface area contributed by atoms with Gasteiger partial charge >= 0.3 is 12.0 Å². The molecule has 0 aliphatic heterocycles. The van der Waals surface area contributed by atoms with Gasteiger partial charge in [-0.15, -0.1) is 0 Å². The van der Waals surface area contributed by atoms with Gasteiger partial charge in [-0.2, -0.15) is 9.29 Å². The molecule has 1 aromatic heterocycles. The normalized spacial score (nSPS) is 11.3. The van der Waals surface area contributed by atoms with Crippen LogP contribution in [0.25, 0.3) is 0 Å². The van der Waals surface area contributed by atoms with Crippen LogP contribution in [0.2, 0.25) is 0 Å². The Bertz CT molecular complexity index is 853. The third-order valence-corrected chi connectivity index (χ3v) is 4.00. The number of methoxy groups -OCH3 is 3. The number of anilines is 2. The highest BCUT2D eigenvalue weighted by Gasteiger charge is 2.27. The van der Waals surface area contributed by atoms with Gasteiger partial charge in [-0.3, -0.25) is 9.87 Å². The average Bonchev–Trinajstić information content (AvgIpc) is 2.67. The molecule has 0 saturated carbocycles. The topological polar surface area (TPSA) is 127 Å². The lowest BCUT2D eigenvalue weighted by Crippen LogP contribution is -2.37. The predicted octanol–water partition coefficient (Wildman–Crippen LogP) is 2.06. The molecule has 0 saturated heterocycles. The zero-order valence-corrected chi connectivity index (χ0v) is 15.5. The summed E-state index contributed by atoms with van der Waals surface area (Å²) in [4.78, 5) is 28.5. The van der Waals surface area contributed by atoms with Gasteiger partial charge in [0.15, 0.2) is 0 Å². The Morgan fingerprint density at radius 2 is 1.85 bits per heavy atom. The van der Waals surface area contributed by atoms with Crippen molar-refractivity contribution < 1.29 is 32.6 Å². The summed E-state index contributed by atoms with van der Waals surface area (Å²) in [6.45, 7) is 0. The Balaban J connectivity index is 2.40. The van der Waals surface area contributed by atoms with Gasteiger partial charge in [0, 0.05) is 12.1 Å². The number of nitrogens with zero attached hydrogens (tertiary/aromatic N) is 2. The van der Waals surface area contributed by atoms with Gasteiger partial charge in [0.1, 0.15) is 11.6 Å². The monoisotopic (exact) mass is 395 g/mol. The van der Waals surface area contributed by atoms with E-state index in [1.165, 1.54) is 50.6 Å². The van der Waals surface area contributed by atoms with Crippen LogP contribution in [0.5, 0.6) is 11.6 Å². The molecule has 1 atom stereocenters. The number of esters is 1. The summed E-state index contributed by atoms with van der Waals surface area (Å²) in [5, 5.41) is 2.37. The van der Waals surface area contributed by atoms with E-state index < -0.39 is 23.3 Å². The summed E-state index contributed by atoms with van der Waals surface area (Å²) in [6, 6.07) is 7.60. The molecule has 27 heavy (non-hydrogen) atoms. The molecule has 0 aliphatic rings. The summed E-state index contributed by atoms with van der Waals surface area (Å²) < 4.78 is 36.6. The fraction of sp³-hybridized carbons (Fsp3) is 0.188. The fourth-order valence-corrected chi connectivity index (χ4v) is 2.64. The molecule has 0 radical (unpaired) electrons. The van der Waals surface area contributed by atoms with Gasteiger partial charge < -0.3 is 14.2 Å². The molecule has 0 bridgehead atoms. The van der Waals surface area contributed by atoms with Crippen molar-refractivity contribution in [1.82, 2.24) is 4.98 Å². The Morgan fingerprint density at radius 3 is 2.44 bits per heavy atom. The average molecular weight is 395 g/mol. The number of amides is 2. The van der Waals surface area contributed by atoms with Crippen LogP contribution < -0.4 is 19.1 Å². The van der Waals surface area contributed by atoms with Gasteiger partial charge in [-0.1, -0.05) is 12.1 Å². The number of ether oxygens (including phenoxy) is 3. The molecule has 2 rings (SSSR count). The van der Waals surface area contributed by atoms with E-state index in [2.05, 4.69) is 15.0 Å². The van der Waals surface area contributed by atoms with Crippen molar-refractivity contribution in [3.05, 3.63) is 42.0 Å². The lowest BCUT2D eigenvalue weighted by atomic mass is 10.2. The summed E-state index contributed by atoms with van der Waals surface area (Å²) in [5.41, 5.74) is -0.175. The Hall–Kier alpha value is -3.18. The maximum atomic E-state index is 12.6. The van der Waals surface area contributed by atoms with Gasteiger partial charge in [-0.05, 0) is 12.1 Å². The Labute approximate surface area is 157 Å². The van der Waals surface area contributed by atoms with E-state index >= 15 is 0 Å². The van der Waals surface area contributed by atoms with Crippen LogP contribution in [-0.2, 0) is 16.0 Å². The summed E-state index contributed by atoms with van der Waals surface area (Å²) >= 11 is -2.78. The lowest BCUT2D eigenvalue weighted by molar-refractivity contribution is 0.0602. The molecule has 2 aromatic rings. The van der Waals surface area contributed by atoms with Crippen molar-refractivity contribution in [2.75, 3.05) is 31.0 Å². The molecule has 10 nitrogen and oxygen atoms in total. The molecule has 1 heterocycles. The van der Waals surface area contributed by atoms with Crippen LogP contribution in [0.4, 0.5) is 16.3 Å². The molecule has 1 aromatic carbocycles. The molecule has 0 fully saturated rings. The predicted molar refractivity (Wildman–Crippen MR) is 97.4 cm³/mol. The van der Waals surface area contributed by atoms with Crippen LogP contribution in [0.1, 0.15) is 10.4 Å². The fourth-order valence-electron chi connectivity index (χ4n) is 2.13. The zero-order valence-electron chi connectivity index (χ0n) is 14.7. The van der Waals surface area contributed by atoms with Gasteiger partial charge in [-0.25, -0.2) is 13.8 Å². The first kappa shape index (κ1) is 20.1. The SMILES string of the molecule is COC(=O)c1ccccc1N(C(=O)Nc1cc(OC)cc(OC)n1)S(=O)O. The Morgan fingerprint density at radius 1 is 1.15 bits per heavy atom. The first-order valence-electron chi connectivity index (χ1n) is 7.40. The van der Waals surface area contributed by atoms with Crippen LogP contribution in [0, 0.1) is 0 Å². The van der Waals surface area contributed by atoms with E-state index in [-0.39, 0.29) is 22.9 Å². The molecular weight excluding hydrogens is 378 g/mol. The summed E-state index contributed by atoms with van der Waals surface area (Å²) in [7, 11) is 3.96. The number of para-hydroxylation sites is 1. The third-order valence-electron chi connectivity index (χ3n) is 3.32. The number of hydrogen-bond donors (Lipinski definition) is 2. The highest BCUT2D eigenvalue weighted by molar-refractivity contribution is 7.81. The molecule has 1 unspecified atom stereocenters. The van der Waals surface area contributed by atoms with Crippen molar-refractivity contribution in [3.63, 3.8) is 0 Å². The first-order valence-corrected chi connectivity index (χ1v) is 8.47. The minimum atomic E-state index is -2.78. The highest BCUT2D eigenvalue weighted by Crippen LogP contribution is 2.25. The van der Waals surface area contributed by atoms with E-state index in [0.29, 0.717) is 10.1 Å². The van der Waals surface area contributed by atoms with E-state index in [1.54, 1.807) is 0 Å². The highest BCUT2D eigenvalue weighted by atomic mass is 32.2. The number of pyridine rings is 1. The zero-order chi connectivity index (χ0) is 20.0. The van der Waals surface area contributed by atoms with E-state index in [9.17, 15) is 18.4 Å². The number of benzene rings is 1. The second-order valence-electron chi connectivity index (χ2n) is 4.90. The van der Waals surface area contributed by atoms with Crippen molar-refractivity contribution in [1.29, 1.82) is 0 Å². The van der Waals surface area contributed by atoms with E-state index in [4.69, 9.17) is 9.47 Å². The van der Waals surface area contributed by atoms with Crippen molar-refractivity contribution in [3.8, 4) is 11.6 Å². The second-order valence-corrected chi connectivity index (χ2v) is 5.73. The molecular formula is C16H17N3O7S. The van der Waals surface area contributed by atoms with Gasteiger partial charge in [0.25, 0.3) is 11.3 Å². The molecule has 0 aliphatic carbocycles. The molecule has 144 valence electrons. The molecule has 2 amide bonds. The quantitative estimate of drug-likeness (QED) is 0.562.